The minimum Gasteiger partial charge on any atom is -0.490 e. The first kappa shape index (κ1) is 13.7. The molecule has 1 aromatic carbocycles. The standard InChI is InChI=1S/C15H20ClFO/c1-2-11-4-3-5-14(8-11)18-15-7-6-13(17)9-12(15)10-16/h6-7,9,11,14H,2-5,8,10H2,1H3. The fraction of sp³-hybridized carbons (Fsp3) is 0.600. The zero-order valence-corrected chi connectivity index (χ0v) is 11.5. The van der Waals surface area contributed by atoms with E-state index in [4.69, 9.17) is 16.3 Å². The van der Waals surface area contributed by atoms with Crippen LogP contribution in [0.5, 0.6) is 5.75 Å². The summed E-state index contributed by atoms with van der Waals surface area (Å²) in [5.74, 6) is 1.54. The Morgan fingerprint density at radius 1 is 1.39 bits per heavy atom. The van der Waals surface area contributed by atoms with E-state index in [-0.39, 0.29) is 17.8 Å². The normalized spacial score (nSPS) is 23.9. The highest BCUT2D eigenvalue weighted by molar-refractivity contribution is 6.17. The third-order valence-electron chi connectivity index (χ3n) is 3.77. The lowest BCUT2D eigenvalue weighted by molar-refractivity contribution is 0.121. The maximum atomic E-state index is 13.1. The van der Waals surface area contributed by atoms with E-state index in [0.717, 1.165) is 30.1 Å². The van der Waals surface area contributed by atoms with Gasteiger partial charge in [-0.3, -0.25) is 0 Å². The predicted octanol–water partition coefficient (Wildman–Crippen LogP) is 4.91. The van der Waals surface area contributed by atoms with Gasteiger partial charge in [-0.05, 0) is 43.4 Å². The highest BCUT2D eigenvalue weighted by Crippen LogP contribution is 2.31. The quantitative estimate of drug-likeness (QED) is 0.706. The van der Waals surface area contributed by atoms with Crippen LogP contribution in [0.4, 0.5) is 4.39 Å². The molecular formula is C15H20ClFO. The van der Waals surface area contributed by atoms with Crippen molar-refractivity contribution >= 4 is 11.6 Å². The zero-order valence-electron chi connectivity index (χ0n) is 10.8. The Morgan fingerprint density at radius 3 is 2.94 bits per heavy atom. The van der Waals surface area contributed by atoms with Gasteiger partial charge in [0.15, 0.2) is 0 Å². The third-order valence-corrected chi connectivity index (χ3v) is 4.06. The van der Waals surface area contributed by atoms with Crippen molar-refractivity contribution in [2.24, 2.45) is 5.92 Å². The second-order valence-corrected chi connectivity index (χ2v) is 5.33. The van der Waals surface area contributed by atoms with Crippen LogP contribution < -0.4 is 4.74 Å². The summed E-state index contributed by atoms with van der Waals surface area (Å²) in [6.45, 7) is 2.23. The molecule has 0 aromatic heterocycles. The smallest absolute Gasteiger partial charge is 0.124 e. The van der Waals surface area contributed by atoms with Crippen LogP contribution in [0.2, 0.25) is 0 Å². The van der Waals surface area contributed by atoms with Crippen LogP contribution in [-0.2, 0) is 5.88 Å². The van der Waals surface area contributed by atoms with E-state index in [1.165, 1.54) is 31.4 Å². The first-order chi connectivity index (χ1) is 8.72. The molecule has 1 aromatic rings. The lowest BCUT2D eigenvalue weighted by atomic mass is 9.85. The summed E-state index contributed by atoms with van der Waals surface area (Å²) in [5.41, 5.74) is 0.746. The SMILES string of the molecule is CCC1CCCC(Oc2ccc(F)cc2CCl)C1. The van der Waals surface area contributed by atoms with E-state index in [9.17, 15) is 4.39 Å². The Bertz CT molecular complexity index is 394. The van der Waals surface area contributed by atoms with Crippen LogP contribution in [0, 0.1) is 11.7 Å². The largest absolute Gasteiger partial charge is 0.490 e. The van der Waals surface area contributed by atoms with Gasteiger partial charge in [0.25, 0.3) is 0 Å². The molecule has 0 bridgehead atoms. The first-order valence-electron chi connectivity index (χ1n) is 6.74. The van der Waals surface area contributed by atoms with Crippen molar-refractivity contribution in [1.82, 2.24) is 0 Å². The van der Waals surface area contributed by atoms with Crippen LogP contribution in [0.25, 0.3) is 0 Å². The molecule has 18 heavy (non-hydrogen) atoms. The predicted molar refractivity (Wildman–Crippen MR) is 72.6 cm³/mol. The molecule has 0 N–H and O–H groups in total. The van der Waals surface area contributed by atoms with Crippen LogP contribution in [0.1, 0.15) is 44.6 Å². The molecule has 0 aliphatic heterocycles. The summed E-state index contributed by atoms with van der Waals surface area (Å²) in [6.07, 6.45) is 6.20. The molecule has 2 unspecified atom stereocenters. The molecular weight excluding hydrogens is 251 g/mol. The molecule has 0 amide bonds. The molecule has 3 heteroatoms. The topological polar surface area (TPSA) is 9.23 Å². The fourth-order valence-corrected chi connectivity index (χ4v) is 2.88. The summed E-state index contributed by atoms with van der Waals surface area (Å²) in [4.78, 5) is 0. The number of halogens is 2. The Labute approximate surface area is 113 Å². The van der Waals surface area contributed by atoms with Gasteiger partial charge in [-0.25, -0.2) is 4.39 Å². The van der Waals surface area contributed by atoms with Gasteiger partial charge in [0.05, 0.1) is 12.0 Å². The van der Waals surface area contributed by atoms with Crippen molar-refractivity contribution in [3.8, 4) is 5.75 Å². The fourth-order valence-electron chi connectivity index (χ4n) is 2.67. The number of hydrogen-bond donors (Lipinski definition) is 0. The van der Waals surface area contributed by atoms with Crippen LogP contribution >= 0.6 is 11.6 Å². The molecule has 0 spiro atoms. The average molecular weight is 271 g/mol. The van der Waals surface area contributed by atoms with Crippen molar-refractivity contribution in [3.05, 3.63) is 29.6 Å². The minimum atomic E-state index is -0.256. The zero-order chi connectivity index (χ0) is 13.0. The summed E-state index contributed by atoms with van der Waals surface area (Å²) in [5, 5.41) is 0. The molecule has 100 valence electrons. The molecule has 2 atom stereocenters. The highest BCUT2D eigenvalue weighted by atomic mass is 35.5. The van der Waals surface area contributed by atoms with Gasteiger partial charge < -0.3 is 4.74 Å². The van der Waals surface area contributed by atoms with Gasteiger partial charge in [0.1, 0.15) is 11.6 Å². The van der Waals surface area contributed by atoms with Crippen molar-refractivity contribution in [2.45, 2.75) is 51.0 Å². The van der Waals surface area contributed by atoms with Crippen molar-refractivity contribution in [1.29, 1.82) is 0 Å². The number of ether oxygens (including phenoxy) is 1. The van der Waals surface area contributed by atoms with E-state index >= 15 is 0 Å². The van der Waals surface area contributed by atoms with E-state index in [0.29, 0.717) is 0 Å². The molecule has 0 heterocycles. The molecule has 2 rings (SSSR count). The summed E-state index contributed by atoms with van der Waals surface area (Å²) in [7, 11) is 0. The second-order valence-electron chi connectivity index (χ2n) is 5.07. The van der Waals surface area contributed by atoms with Gasteiger partial charge in [-0.1, -0.05) is 19.8 Å². The molecule has 0 saturated heterocycles. The summed E-state index contributed by atoms with van der Waals surface area (Å²) in [6, 6.07) is 4.59. The van der Waals surface area contributed by atoms with Crippen LogP contribution in [0.15, 0.2) is 18.2 Å². The molecule has 1 saturated carbocycles. The van der Waals surface area contributed by atoms with E-state index in [1.807, 2.05) is 0 Å². The molecule has 1 aliphatic rings. The van der Waals surface area contributed by atoms with Crippen LogP contribution in [0.3, 0.4) is 0 Å². The third kappa shape index (κ3) is 3.38. The Balaban J connectivity index is 2.04. The number of rotatable bonds is 4. The lowest BCUT2D eigenvalue weighted by Crippen LogP contribution is -2.25. The molecule has 1 aliphatic carbocycles. The average Bonchev–Trinajstić information content (AvgIpc) is 2.41. The van der Waals surface area contributed by atoms with Gasteiger partial charge in [0, 0.05) is 5.56 Å². The molecule has 1 nitrogen and oxygen atoms in total. The number of alkyl halides is 1. The summed E-state index contributed by atoms with van der Waals surface area (Å²) < 4.78 is 19.1. The maximum absolute atomic E-state index is 13.1. The Hall–Kier alpha value is -0.760. The minimum absolute atomic E-state index is 0.256. The summed E-state index contributed by atoms with van der Waals surface area (Å²) >= 11 is 5.83. The van der Waals surface area contributed by atoms with Gasteiger partial charge in [-0.15, -0.1) is 11.6 Å². The van der Waals surface area contributed by atoms with Crippen molar-refractivity contribution < 1.29 is 9.13 Å². The van der Waals surface area contributed by atoms with Crippen LogP contribution in [-0.4, -0.2) is 6.10 Å². The highest BCUT2D eigenvalue weighted by Gasteiger charge is 2.22. The van der Waals surface area contributed by atoms with E-state index < -0.39 is 0 Å². The Morgan fingerprint density at radius 2 is 2.22 bits per heavy atom. The van der Waals surface area contributed by atoms with E-state index in [1.54, 1.807) is 6.07 Å². The van der Waals surface area contributed by atoms with E-state index in [2.05, 4.69) is 6.92 Å². The first-order valence-corrected chi connectivity index (χ1v) is 7.27. The van der Waals surface area contributed by atoms with Gasteiger partial charge >= 0.3 is 0 Å². The Kier molecular flexibility index (Phi) is 4.87. The number of benzene rings is 1. The molecule has 1 fully saturated rings. The van der Waals surface area contributed by atoms with Crippen molar-refractivity contribution in [2.75, 3.05) is 0 Å². The maximum Gasteiger partial charge on any atom is 0.124 e. The number of hydrogen-bond acceptors (Lipinski definition) is 1. The lowest BCUT2D eigenvalue weighted by Gasteiger charge is -2.29. The molecule has 0 radical (unpaired) electrons. The van der Waals surface area contributed by atoms with Gasteiger partial charge in [0.2, 0.25) is 0 Å². The van der Waals surface area contributed by atoms with Gasteiger partial charge in [-0.2, -0.15) is 0 Å². The monoisotopic (exact) mass is 270 g/mol. The van der Waals surface area contributed by atoms with Crippen molar-refractivity contribution in [3.63, 3.8) is 0 Å². The second kappa shape index (κ2) is 6.42.